The van der Waals surface area contributed by atoms with E-state index >= 15 is 0 Å². The van der Waals surface area contributed by atoms with Crippen LogP contribution in [0.3, 0.4) is 0 Å². The lowest BCUT2D eigenvalue weighted by atomic mass is 10.1. The zero-order valence-corrected chi connectivity index (χ0v) is 33.0. The number of hydrogen-bond donors (Lipinski definition) is 3. The first-order valence-electron chi connectivity index (χ1n) is 18.6. The number of rotatable bonds is 32. The number of carbonyl (C=O) groups is 2. The molecule has 0 bridgehead atoms. The van der Waals surface area contributed by atoms with Crippen LogP contribution in [0.2, 0.25) is 0 Å². The number of aromatic nitrogens is 3. The van der Waals surface area contributed by atoms with E-state index in [0.29, 0.717) is 123 Å². The second-order valence-electron chi connectivity index (χ2n) is 11.4. The molecule has 3 rings (SSSR count). The number of hydrogen-bond acceptors (Lipinski definition) is 15. The Morgan fingerprint density at radius 2 is 1.03 bits per heavy atom. The molecule has 3 N–H and O–H groups in total. The van der Waals surface area contributed by atoms with Crippen molar-refractivity contribution in [1.29, 1.82) is 0 Å². The SMILES string of the molecule is CCOC(=O)NCC(=O)Cc1ccc(OCCOCCOCCOCCN=[N+]=[N-])cc1.[N-]=[N+]=NCCOCCOCCOCCOc1ccc(-n2c(=O)[nH][nH]c2=O)cc1. The molecule has 0 aliphatic rings. The summed E-state index contributed by atoms with van der Waals surface area (Å²) in [5.74, 6) is 1.16. The van der Waals surface area contributed by atoms with E-state index in [4.69, 9.17) is 53.7 Å². The van der Waals surface area contributed by atoms with Crippen molar-refractivity contribution in [2.75, 3.05) is 119 Å². The van der Waals surface area contributed by atoms with Crippen molar-refractivity contribution in [1.82, 2.24) is 20.1 Å². The van der Waals surface area contributed by atoms with Gasteiger partial charge in [0.2, 0.25) is 0 Å². The van der Waals surface area contributed by atoms with Gasteiger partial charge in [-0.3, -0.25) is 4.79 Å². The van der Waals surface area contributed by atoms with Gasteiger partial charge in [-0.05, 0) is 59.9 Å². The topological polar surface area (TPSA) is 297 Å². The zero-order chi connectivity index (χ0) is 42.6. The molecule has 2 aromatic carbocycles. The van der Waals surface area contributed by atoms with E-state index in [1.165, 1.54) is 0 Å². The molecule has 0 unspecified atom stereocenters. The smallest absolute Gasteiger partial charge is 0.407 e. The van der Waals surface area contributed by atoms with Crippen LogP contribution >= 0.6 is 0 Å². The van der Waals surface area contributed by atoms with Crippen LogP contribution < -0.4 is 26.2 Å². The third kappa shape index (κ3) is 24.5. The van der Waals surface area contributed by atoms with Crippen LogP contribution in [0.15, 0.2) is 68.3 Å². The molecular weight excluding hydrogens is 780 g/mol. The number of aromatic amines is 2. The van der Waals surface area contributed by atoms with Gasteiger partial charge in [-0.15, -0.1) is 0 Å². The van der Waals surface area contributed by atoms with Crippen molar-refractivity contribution < 1.29 is 52.2 Å². The number of nitrogens with zero attached hydrogens (tertiary/aromatic N) is 7. The number of ether oxygens (including phenoxy) is 9. The lowest BCUT2D eigenvalue weighted by molar-refractivity contribution is -0.117. The van der Waals surface area contributed by atoms with E-state index in [1.807, 2.05) is 0 Å². The van der Waals surface area contributed by atoms with E-state index in [1.54, 1.807) is 55.5 Å². The van der Waals surface area contributed by atoms with Crippen molar-refractivity contribution in [3.63, 3.8) is 0 Å². The molecule has 59 heavy (non-hydrogen) atoms. The van der Waals surface area contributed by atoms with Gasteiger partial charge in [0.1, 0.15) is 24.7 Å². The Balaban J connectivity index is 0.000000409. The Kier molecular flexibility index (Phi) is 27.6. The minimum Gasteiger partial charge on any atom is -0.491 e. The Morgan fingerprint density at radius 1 is 0.627 bits per heavy atom. The summed E-state index contributed by atoms with van der Waals surface area (Å²) in [5.41, 5.74) is 16.4. The molecule has 0 aliphatic carbocycles. The largest absolute Gasteiger partial charge is 0.491 e. The Morgan fingerprint density at radius 3 is 1.46 bits per heavy atom. The second-order valence-corrected chi connectivity index (χ2v) is 11.4. The summed E-state index contributed by atoms with van der Waals surface area (Å²) in [5, 5.41) is 13.5. The minimum atomic E-state index is -0.596. The van der Waals surface area contributed by atoms with Crippen LogP contribution in [0.4, 0.5) is 4.79 Å². The summed E-state index contributed by atoms with van der Waals surface area (Å²) in [6.45, 7) is 8.36. The van der Waals surface area contributed by atoms with Crippen molar-refractivity contribution >= 4 is 11.9 Å². The molecule has 0 fully saturated rings. The summed E-state index contributed by atoms with van der Waals surface area (Å²) in [6, 6.07) is 13.7. The fourth-order valence-electron chi connectivity index (χ4n) is 4.40. The number of Topliss-reactive ketones (excluding diaryl/α,β-unsaturated/α-hetero) is 1. The van der Waals surface area contributed by atoms with Crippen LogP contribution in [-0.4, -0.2) is 145 Å². The van der Waals surface area contributed by atoms with E-state index in [0.717, 1.165) is 10.1 Å². The maximum atomic E-state index is 11.9. The van der Waals surface area contributed by atoms with Crippen molar-refractivity contribution in [3.05, 3.63) is 95.9 Å². The number of benzene rings is 2. The van der Waals surface area contributed by atoms with Gasteiger partial charge in [0.15, 0.2) is 5.78 Å². The van der Waals surface area contributed by atoms with E-state index in [9.17, 15) is 19.2 Å². The van der Waals surface area contributed by atoms with Gasteiger partial charge < -0.3 is 47.9 Å². The van der Waals surface area contributed by atoms with Gasteiger partial charge in [-0.2, -0.15) is 0 Å². The van der Waals surface area contributed by atoms with Crippen LogP contribution in [-0.2, 0) is 44.4 Å². The average molecular weight is 833 g/mol. The lowest BCUT2D eigenvalue weighted by Gasteiger charge is -2.09. The van der Waals surface area contributed by atoms with Crippen LogP contribution in [0.5, 0.6) is 11.5 Å². The number of alkyl carbamates (subject to hydrolysis) is 1. The zero-order valence-electron chi connectivity index (χ0n) is 33.0. The summed E-state index contributed by atoms with van der Waals surface area (Å²) in [6.07, 6.45) is -0.379. The lowest BCUT2D eigenvalue weighted by Crippen LogP contribution is -2.30. The van der Waals surface area contributed by atoms with Gasteiger partial charge in [-0.1, -0.05) is 22.4 Å². The Hall–Kier alpha value is -5.90. The molecule has 1 amide bonds. The number of nitrogens with one attached hydrogen (secondary N) is 3. The summed E-state index contributed by atoms with van der Waals surface area (Å²) in [7, 11) is 0. The van der Waals surface area contributed by atoms with E-state index < -0.39 is 17.5 Å². The number of H-pyrrole nitrogens is 2. The monoisotopic (exact) mass is 832 g/mol. The Labute approximate surface area is 339 Å². The number of amides is 1. The Bertz CT molecular complexity index is 1760. The van der Waals surface area contributed by atoms with Crippen LogP contribution in [0.1, 0.15) is 12.5 Å². The van der Waals surface area contributed by atoms with Gasteiger partial charge in [0.25, 0.3) is 0 Å². The van der Waals surface area contributed by atoms with Gasteiger partial charge >= 0.3 is 17.5 Å². The van der Waals surface area contributed by atoms with Gasteiger partial charge in [-0.25, -0.2) is 29.1 Å². The third-order valence-electron chi connectivity index (χ3n) is 7.09. The van der Waals surface area contributed by atoms with Crippen molar-refractivity contribution in [3.8, 4) is 17.2 Å². The van der Waals surface area contributed by atoms with Gasteiger partial charge in [0, 0.05) is 29.3 Å². The highest BCUT2D eigenvalue weighted by Gasteiger charge is 2.08. The highest BCUT2D eigenvalue weighted by Crippen LogP contribution is 2.14. The number of carbonyl (C=O) groups excluding carboxylic acids is 2. The third-order valence-corrected chi connectivity index (χ3v) is 7.09. The first-order valence-corrected chi connectivity index (χ1v) is 18.6. The molecule has 0 saturated carbocycles. The average Bonchev–Trinajstić information content (AvgIpc) is 3.58. The normalized spacial score (nSPS) is 10.4. The van der Waals surface area contributed by atoms with Gasteiger partial charge in [0.05, 0.1) is 98.1 Å². The highest BCUT2D eigenvalue weighted by molar-refractivity contribution is 5.85. The predicted molar refractivity (Wildman–Crippen MR) is 211 cm³/mol. The highest BCUT2D eigenvalue weighted by atomic mass is 16.6. The van der Waals surface area contributed by atoms with Crippen molar-refractivity contribution in [2.24, 2.45) is 10.2 Å². The van der Waals surface area contributed by atoms with Crippen LogP contribution in [0, 0.1) is 0 Å². The molecule has 0 spiro atoms. The molecule has 23 heteroatoms. The molecule has 0 saturated heterocycles. The van der Waals surface area contributed by atoms with Crippen molar-refractivity contribution in [2.45, 2.75) is 13.3 Å². The minimum absolute atomic E-state index is 0.0669. The summed E-state index contributed by atoms with van der Waals surface area (Å²) < 4.78 is 48.7. The first-order chi connectivity index (χ1) is 28.9. The fraction of sp³-hybridized carbons (Fsp3) is 0.556. The van der Waals surface area contributed by atoms with Crippen LogP contribution in [0.25, 0.3) is 26.6 Å². The molecule has 324 valence electrons. The second kappa shape index (κ2) is 33.1. The summed E-state index contributed by atoms with van der Waals surface area (Å²) >= 11 is 0. The molecule has 0 atom stereocenters. The quantitative estimate of drug-likeness (QED) is 0.0353. The standard InChI is InChI=1S/C20H30N4O7.C16H22N6O6/c1-2-30-20(26)22-16-18(25)15-17-3-5-19(6-4-17)31-14-13-29-12-11-28-10-9-27-8-7-23-24-21;17-21-18-5-6-25-7-8-26-9-10-27-11-12-28-14-3-1-13(2-4-14)22-15(23)19-20-16(22)24/h3-6H,2,7-16H2,1H3,(H,22,26);1-4H,5-12H2,(H,19,23)(H,20,24). The molecule has 0 aliphatic heterocycles. The molecule has 0 radical (unpaired) electrons. The molecule has 3 aromatic rings. The fourth-order valence-corrected chi connectivity index (χ4v) is 4.40. The number of ketones is 1. The molecular formula is C36H52N10O13. The van der Waals surface area contributed by atoms with E-state index in [2.05, 4.69) is 35.6 Å². The maximum Gasteiger partial charge on any atom is 0.407 e. The number of azide groups is 2. The van der Waals surface area contributed by atoms with E-state index in [-0.39, 0.29) is 25.4 Å². The molecule has 23 nitrogen and oxygen atoms in total. The molecule has 1 heterocycles. The maximum absolute atomic E-state index is 11.9. The first kappa shape index (κ1) is 49.2. The predicted octanol–water partition coefficient (Wildman–Crippen LogP) is 2.88. The molecule has 1 aromatic heterocycles. The summed E-state index contributed by atoms with van der Waals surface area (Å²) in [4.78, 5) is 51.3.